The van der Waals surface area contributed by atoms with Crippen LogP contribution in [-0.2, 0) is 57.0 Å². The third-order valence-corrected chi connectivity index (χ3v) is 12.2. The Bertz CT molecular complexity index is 1780. The number of carbonyl (C=O) groups excluding carboxylic acids is 4. The molecular weight excluding hydrogens is 849 g/mol. The fourth-order valence-electron chi connectivity index (χ4n) is 8.30. The number of ether oxygens (including phenoxy) is 10. The van der Waals surface area contributed by atoms with E-state index in [-0.39, 0.29) is 23.3 Å². The maximum atomic E-state index is 14.2. The molecule has 5 heterocycles. The molecule has 0 amide bonds. The van der Waals surface area contributed by atoms with Crippen LogP contribution in [0.25, 0.3) is 0 Å². The molecule has 0 radical (unpaired) electrons. The fraction of sp³-hybridized carbons (Fsp3) is 0.667. The molecule has 0 unspecified atom stereocenters. The quantitative estimate of drug-likeness (QED) is 0.0561. The number of aliphatic hydroxyl groups excluding tert-OH is 8. The maximum absolute atomic E-state index is 14.2. The van der Waals surface area contributed by atoms with E-state index in [0.717, 1.165) is 36.0 Å². The smallest absolute Gasteiger partial charge is 0.367 e. The van der Waals surface area contributed by atoms with Crippen molar-refractivity contribution in [3.8, 4) is 0 Å². The second-order valence-corrected chi connectivity index (χ2v) is 16.1. The first-order chi connectivity index (χ1) is 28.7. The van der Waals surface area contributed by atoms with Gasteiger partial charge in [0.25, 0.3) is 0 Å². The number of hydrogen-bond donors (Lipinski definition) is 8. The van der Waals surface area contributed by atoms with Gasteiger partial charge in [-0.1, -0.05) is 6.08 Å². The van der Waals surface area contributed by atoms with Crippen molar-refractivity contribution < 1.29 is 107 Å². The molecule has 8 N–H and O–H groups in total. The molecule has 0 aromatic heterocycles. The van der Waals surface area contributed by atoms with Crippen molar-refractivity contribution in [3.63, 3.8) is 0 Å². The molecule has 332 valence electrons. The van der Waals surface area contributed by atoms with E-state index in [1.165, 1.54) is 18.6 Å². The summed E-state index contributed by atoms with van der Waals surface area (Å²) in [6.45, 7) is -2.25. The molecule has 3 saturated heterocycles. The van der Waals surface area contributed by atoms with Crippen LogP contribution in [0.2, 0.25) is 0 Å². The van der Waals surface area contributed by atoms with Gasteiger partial charge in [0, 0.05) is 11.8 Å². The van der Waals surface area contributed by atoms with Crippen molar-refractivity contribution in [2.75, 3.05) is 38.9 Å². The Morgan fingerprint density at radius 3 is 1.83 bits per heavy atom. The number of hydrogen-bond acceptors (Lipinski definition) is 24. The summed E-state index contributed by atoms with van der Waals surface area (Å²) >= 11 is 1.59. The zero-order valence-corrected chi connectivity index (χ0v) is 33.3. The molecule has 60 heavy (non-hydrogen) atoms. The van der Waals surface area contributed by atoms with Gasteiger partial charge in [-0.05, 0) is 53.3 Å². The average Bonchev–Trinajstić information content (AvgIpc) is 3.89. The molecule has 0 spiro atoms. The van der Waals surface area contributed by atoms with E-state index in [4.69, 9.17) is 47.4 Å². The molecule has 3 fully saturated rings. The predicted molar refractivity (Wildman–Crippen MR) is 195 cm³/mol. The maximum Gasteiger partial charge on any atom is 0.367 e. The lowest BCUT2D eigenvalue weighted by Crippen LogP contribution is -2.61. The van der Waals surface area contributed by atoms with Gasteiger partial charge in [-0.2, -0.15) is 0 Å². The highest BCUT2D eigenvalue weighted by molar-refractivity contribution is 8.12. The number of thioether (sulfide) groups is 2. The van der Waals surface area contributed by atoms with Crippen LogP contribution in [0.1, 0.15) is 0 Å². The van der Waals surface area contributed by atoms with Crippen LogP contribution in [0.4, 0.5) is 9.59 Å². The summed E-state index contributed by atoms with van der Waals surface area (Å²) in [7, 11) is 0. The fourth-order valence-corrected chi connectivity index (χ4v) is 8.65. The van der Waals surface area contributed by atoms with Gasteiger partial charge in [-0.3, -0.25) is 0 Å². The van der Waals surface area contributed by atoms with Crippen LogP contribution in [-0.4, -0.2) is 189 Å². The van der Waals surface area contributed by atoms with Crippen LogP contribution in [0.5, 0.6) is 0 Å². The van der Waals surface area contributed by atoms with Crippen molar-refractivity contribution in [1.82, 2.24) is 0 Å². The van der Waals surface area contributed by atoms with Crippen LogP contribution in [0.15, 0.2) is 47.0 Å². The highest BCUT2D eigenvalue weighted by Gasteiger charge is 2.58. The van der Waals surface area contributed by atoms with Crippen molar-refractivity contribution in [2.24, 2.45) is 23.7 Å². The second kappa shape index (κ2) is 18.6. The summed E-state index contributed by atoms with van der Waals surface area (Å²) in [5.41, 5.74) is 0.458. The van der Waals surface area contributed by atoms with Crippen LogP contribution < -0.4 is 0 Å². The second-order valence-electron chi connectivity index (χ2n) is 14.6. The van der Waals surface area contributed by atoms with E-state index >= 15 is 0 Å². The van der Waals surface area contributed by atoms with E-state index in [9.17, 15) is 60.0 Å². The van der Waals surface area contributed by atoms with Gasteiger partial charge in [-0.15, -0.1) is 0 Å². The van der Waals surface area contributed by atoms with Gasteiger partial charge in [0.2, 0.25) is 18.9 Å². The summed E-state index contributed by atoms with van der Waals surface area (Å²) < 4.78 is 56.7. The first kappa shape index (κ1) is 44.7. The summed E-state index contributed by atoms with van der Waals surface area (Å²) in [5.74, 6) is -5.84. The Hall–Kier alpha value is -3.34. The third kappa shape index (κ3) is 8.43. The lowest BCUT2D eigenvalue weighted by Gasteiger charge is -2.44. The molecule has 0 saturated carbocycles. The molecular formula is C36H44O22S2. The minimum atomic E-state index is -1.97. The Morgan fingerprint density at radius 2 is 1.22 bits per heavy atom. The summed E-state index contributed by atoms with van der Waals surface area (Å²) in [4.78, 5) is 50.8. The number of carbonyl (C=O) groups is 4. The van der Waals surface area contributed by atoms with E-state index < -0.39 is 152 Å². The number of aliphatic hydroxyl groups is 8. The first-order valence-corrected chi connectivity index (χ1v) is 21.0. The van der Waals surface area contributed by atoms with E-state index in [1.807, 2.05) is 0 Å². The highest BCUT2D eigenvalue weighted by Crippen LogP contribution is 2.50. The monoisotopic (exact) mass is 892 g/mol. The molecule has 24 heteroatoms. The van der Waals surface area contributed by atoms with Crippen molar-refractivity contribution in [2.45, 2.75) is 86.2 Å². The molecule has 0 aromatic rings. The van der Waals surface area contributed by atoms with Gasteiger partial charge in [-0.25, -0.2) is 19.2 Å². The van der Waals surface area contributed by atoms with Crippen molar-refractivity contribution in [1.29, 1.82) is 0 Å². The minimum absolute atomic E-state index is 0.183. The Morgan fingerprint density at radius 1 is 0.667 bits per heavy atom. The largest absolute Gasteiger partial charge is 0.471 e. The molecule has 18 atom stereocenters. The highest BCUT2D eigenvalue weighted by atomic mass is 32.2. The van der Waals surface area contributed by atoms with Gasteiger partial charge in [0.1, 0.15) is 62.0 Å². The van der Waals surface area contributed by atoms with E-state index in [0.29, 0.717) is 5.57 Å². The number of fused-ring (bicyclic) bond motifs is 1. The van der Waals surface area contributed by atoms with Gasteiger partial charge in [0.15, 0.2) is 12.4 Å². The van der Waals surface area contributed by atoms with Crippen molar-refractivity contribution in [3.05, 3.63) is 47.0 Å². The molecule has 0 bridgehead atoms. The molecule has 22 nitrogen and oxygen atoms in total. The molecule has 0 aromatic carbocycles. The molecule has 2 aliphatic carbocycles. The number of rotatable bonds is 12. The van der Waals surface area contributed by atoms with Crippen LogP contribution in [0.3, 0.4) is 0 Å². The van der Waals surface area contributed by atoms with Crippen LogP contribution in [0, 0.1) is 23.7 Å². The van der Waals surface area contributed by atoms with E-state index in [2.05, 4.69) is 0 Å². The molecule has 7 rings (SSSR count). The van der Waals surface area contributed by atoms with Crippen molar-refractivity contribution >= 4 is 46.1 Å². The topological polar surface area (TPSA) is 322 Å². The zero-order valence-electron chi connectivity index (χ0n) is 31.6. The lowest BCUT2D eigenvalue weighted by atomic mass is 9.82. The summed E-state index contributed by atoms with van der Waals surface area (Å²) in [6, 6.07) is 0. The minimum Gasteiger partial charge on any atom is -0.471 e. The van der Waals surface area contributed by atoms with Gasteiger partial charge in [0.05, 0.1) is 54.8 Å². The lowest BCUT2D eigenvalue weighted by molar-refractivity contribution is -0.342. The van der Waals surface area contributed by atoms with E-state index in [1.54, 1.807) is 6.08 Å². The Labute approximate surface area is 348 Å². The zero-order chi connectivity index (χ0) is 43.2. The predicted octanol–water partition coefficient (Wildman–Crippen LogP) is -2.72. The Balaban J connectivity index is 1.14. The van der Waals surface area contributed by atoms with Gasteiger partial charge >= 0.3 is 22.5 Å². The first-order valence-electron chi connectivity index (χ1n) is 18.6. The SMILES string of the molecule is CSC(=O)OCC1=C[C@@H]2OC(=O)C3=CO[C@@H](O[C@@H]4O[C@H](CO)[C@@H](O)[C@H](O)[C@H]4OC(=O)C4=CO[C@@H](O[C@H]5O[C@H](CO)[C@@H](O)[C@H](O)[C@H]5O)[C@@H]5C(COC(=O)SC)=C[C@H](O)[C@H]45)[C@H]1[C@@H]32. The van der Waals surface area contributed by atoms with Crippen LogP contribution >= 0.6 is 23.5 Å². The standard InChI is InChI=1S/C36H44O22S2/c1-59-35(47)51-7-11-3-15(39)21-13(9-49-31(19(11)21)57-33-27(44)25(42)23(40)17(5-37)54-33)30(46)56-28-26(43)24(41)18(6-38)55-34(28)58-32-20-12(8-52-36(48)60-2)4-16-22(20)14(10-50-32)29(45)53-16/h3-4,9-10,15-28,31-34,37-44H,5-8H2,1-2H3/t15-,16-,17+,18+,19+,20+,21-,22-,23+,24+,25-,26-,27+,28+,31-,32-,33+,34-/m0/s1. The third-order valence-electron chi connectivity index (χ3n) is 11.3. The normalized spacial score (nSPS) is 41.6. The summed E-state index contributed by atoms with van der Waals surface area (Å²) in [6.07, 6.45) is -14.7. The Kier molecular flexibility index (Phi) is 13.8. The molecule has 5 aliphatic heterocycles. The van der Waals surface area contributed by atoms with Gasteiger partial charge < -0.3 is 88.2 Å². The molecule has 7 aliphatic rings. The number of esters is 2. The summed E-state index contributed by atoms with van der Waals surface area (Å²) in [5, 5.41) is 83.2. The average molecular weight is 893 g/mol.